The Morgan fingerprint density at radius 2 is 1.86 bits per heavy atom. The lowest BCUT2D eigenvalue weighted by atomic mass is 10.1. The van der Waals surface area contributed by atoms with Crippen LogP contribution in [0.1, 0.15) is 40.4 Å². The number of rotatable bonds is 4. The van der Waals surface area contributed by atoms with Crippen molar-refractivity contribution in [1.82, 2.24) is 5.32 Å². The zero-order chi connectivity index (χ0) is 15.4. The molecule has 3 rings (SSSR count). The molecule has 1 unspecified atom stereocenters. The lowest BCUT2D eigenvalue weighted by Crippen LogP contribution is -2.14. The normalized spacial score (nSPS) is 17.4. The molecule has 1 fully saturated rings. The van der Waals surface area contributed by atoms with E-state index in [-0.39, 0.29) is 5.91 Å². The number of anilines is 1. The molecule has 2 aromatic rings. The second-order valence-corrected chi connectivity index (χ2v) is 6.12. The van der Waals surface area contributed by atoms with Crippen LogP contribution >= 0.6 is 15.9 Å². The number of amides is 1. The second kappa shape index (κ2) is 7.07. The first-order valence-corrected chi connectivity index (χ1v) is 8.68. The lowest BCUT2D eigenvalue weighted by molar-refractivity contribution is 0.102. The minimum atomic E-state index is -0.0761. The van der Waals surface area contributed by atoms with Gasteiger partial charge in [0.1, 0.15) is 0 Å². The summed E-state index contributed by atoms with van der Waals surface area (Å²) in [6.45, 7) is 1.09. The van der Waals surface area contributed by atoms with Gasteiger partial charge in [0.15, 0.2) is 0 Å². The summed E-state index contributed by atoms with van der Waals surface area (Å²) in [5.74, 6) is -0.0761. The average Bonchev–Trinajstić information content (AvgIpc) is 3.10. The molecule has 1 aliphatic rings. The van der Waals surface area contributed by atoms with Crippen LogP contribution in [0.25, 0.3) is 0 Å². The van der Waals surface area contributed by atoms with Gasteiger partial charge in [0.2, 0.25) is 0 Å². The van der Waals surface area contributed by atoms with Crippen molar-refractivity contribution in [2.75, 3.05) is 11.9 Å². The van der Waals surface area contributed by atoms with Crippen molar-refractivity contribution in [2.24, 2.45) is 0 Å². The molecule has 1 atom stereocenters. The number of carbonyl (C=O) groups excluding carboxylic acids is 1. The molecule has 0 bridgehead atoms. The largest absolute Gasteiger partial charge is 0.322 e. The molecule has 2 N–H and O–H groups in total. The van der Waals surface area contributed by atoms with Crippen molar-refractivity contribution < 1.29 is 4.79 Å². The van der Waals surface area contributed by atoms with Crippen LogP contribution in [0.3, 0.4) is 0 Å². The maximum Gasteiger partial charge on any atom is 0.255 e. The molecule has 1 saturated heterocycles. The van der Waals surface area contributed by atoms with Gasteiger partial charge in [-0.15, -0.1) is 0 Å². The van der Waals surface area contributed by atoms with E-state index in [1.54, 1.807) is 0 Å². The molecular formula is C18H19BrN2O. The van der Waals surface area contributed by atoms with Crippen molar-refractivity contribution in [2.45, 2.75) is 24.2 Å². The number of halogens is 1. The van der Waals surface area contributed by atoms with E-state index in [9.17, 15) is 4.79 Å². The van der Waals surface area contributed by atoms with Crippen molar-refractivity contribution in [3.05, 3.63) is 65.2 Å². The fourth-order valence-corrected chi connectivity index (χ4v) is 3.09. The SMILES string of the molecule is O=C(Nc1ccc(C2CCCN2)cc1)c1ccc(CBr)cc1. The van der Waals surface area contributed by atoms with Crippen LogP contribution in [0.4, 0.5) is 5.69 Å². The molecule has 22 heavy (non-hydrogen) atoms. The Bertz CT molecular complexity index is 631. The van der Waals surface area contributed by atoms with Gasteiger partial charge < -0.3 is 10.6 Å². The van der Waals surface area contributed by atoms with E-state index in [4.69, 9.17) is 0 Å². The quantitative estimate of drug-likeness (QED) is 0.801. The molecule has 4 heteroatoms. The van der Waals surface area contributed by atoms with Gasteiger partial charge in [0.05, 0.1) is 0 Å². The van der Waals surface area contributed by atoms with Gasteiger partial charge >= 0.3 is 0 Å². The van der Waals surface area contributed by atoms with Crippen LogP contribution in [-0.4, -0.2) is 12.5 Å². The van der Waals surface area contributed by atoms with Crippen LogP contribution in [0.15, 0.2) is 48.5 Å². The molecule has 0 aliphatic carbocycles. The predicted molar refractivity (Wildman–Crippen MR) is 93.4 cm³/mol. The zero-order valence-corrected chi connectivity index (χ0v) is 13.9. The van der Waals surface area contributed by atoms with Crippen molar-refractivity contribution in [3.8, 4) is 0 Å². The van der Waals surface area contributed by atoms with Crippen LogP contribution < -0.4 is 10.6 Å². The highest BCUT2D eigenvalue weighted by atomic mass is 79.9. The number of benzene rings is 2. The molecule has 1 aliphatic heterocycles. The van der Waals surface area contributed by atoms with Crippen LogP contribution in [-0.2, 0) is 5.33 Å². The highest BCUT2D eigenvalue weighted by Crippen LogP contribution is 2.24. The molecule has 0 radical (unpaired) electrons. The fourth-order valence-electron chi connectivity index (χ4n) is 2.72. The molecule has 0 spiro atoms. The summed E-state index contributed by atoms with van der Waals surface area (Å²) in [5, 5.41) is 7.22. The summed E-state index contributed by atoms with van der Waals surface area (Å²) in [6, 6.07) is 16.2. The van der Waals surface area contributed by atoms with E-state index in [1.807, 2.05) is 36.4 Å². The first-order chi connectivity index (χ1) is 10.8. The molecule has 1 heterocycles. The van der Waals surface area contributed by atoms with Gasteiger partial charge in [-0.05, 0) is 54.8 Å². The summed E-state index contributed by atoms with van der Waals surface area (Å²) in [4.78, 5) is 12.2. The Balaban J connectivity index is 1.65. The monoisotopic (exact) mass is 358 g/mol. The van der Waals surface area contributed by atoms with Gasteiger partial charge in [-0.25, -0.2) is 0 Å². The minimum absolute atomic E-state index is 0.0761. The van der Waals surface area contributed by atoms with Crippen molar-refractivity contribution >= 4 is 27.5 Å². The topological polar surface area (TPSA) is 41.1 Å². The Morgan fingerprint density at radius 3 is 2.45 bits per heavy atom. The van der Waals surface area contributed by atoms with Gasteiger partial charge in [0, 0.05) is 22.6 Å². The van der Waals surface area contributed by atoms with Gasteiger partial charge in [-0.3, -0.25) is 4.79 Å². The third-order valence-corrected chi connectivity index (χ3v) is 4.65. The maximum atomic E-state index is 12.2. The summed E-state index contributed by atoms with van der Waals surface area (Å²) in [5.41, 5.74) is 3.95. The molecule has 0 aromatic heterocycles. The van der Waals surface area contributed by atoms with E-state index in [0.29, 0.717) is 11.6 Å². The molecular weight excluding hydrogens is 340 g/mol. The molecule has 114 valence electrons. The highest BCUT2D eigenvalue weighted by molar-refractivity contribution is 9.08. The standard InChI is InChI=1S/C18H19BrN2O/c19-12-13-3-5-15(6-4-13)18(22)21-16-9-7-14(8-10-16)17-2-1-11-20-17/h3-10,17,20H,1-2,11-12H2,(H,21,22). The van der Waals surface area contributed by atoms with Gasteiger partial charge in [-0.1, -0.05) is 40.2 Å². The van der Waals surface area contributed by atoms with Gasteiger partial charge in [0.25, 0.3) is 5.91 Å². The van der Waals surface area contributed by atoms with E-state index >= 15 is 0 Å². The van der Waals surface area contributed by atoms with Crippen LogP contribution in [0.2, 0.25) is 0 Å². The predicted octanol–water partition coefficient (Wildman–Crippen LogP) is 4.26. The lowest BCUT2D eigenvalue weighted by Gasteiger charge is -2.12. The number of hydrogen-bond acceptors (Lipinski definition) is 2. The van der Waals surface area contributed by atoms with Crippen molar-refractivity contribution in [3.63, 3.8) is 0 Å². The Hall–Kier alpha value is -1.65. The first kappa shape index (κ1) is 15.3. The zero-order valence-electron chi connectivity index (χ0n) is 12.3. The van der Waals surface area contributed by atoms with Crippen molar-refractivity contribution in [1.29, 1.82) is 0 Å². The summed E-state index contributed by atoms with van der Waals surface area (Å²) in [6.07, 6.45) is 2.42. The Morgan fingerprint density at radius 1 is 1.14 bits per heavy atom. The third kappa shape index (κ3) is 3.57. The van der Waals surface area contributed by atoms with E-state index in [0.717, 1.165) is 23.1 Å². The average molecular weight is 359 g/mol. The molecule has 2 aromatic carbocycles. The van der Waals surface area contributed by atoms with Crippen LogP contribution in [0.5, 0.6) is 0 Å². The molecule has 3 nitrogen and oxygen atoms in total. The third-order valence-electron chi connectivity index (χ3n) is 4.00. The van der Waals surface area contributed by atoms with E-state index in [2.05, 4.69) is 38.7 Å². The second-order valence-electron chi connectivity index (χ2n) is 5.56. The number of carbonyl (C=O) groups is 1. The van der Waals surface area contributed by atoms with E-state index < -0.39 is 0 Å². The molecule has 0 saturated carbocycles. The highest BCUT2D eigenvalue weighted by Gasteiger charge is 2.15. The van der Waals surface area contributed by atoms with Crippen LogP contribution in [0, 0.1) is 0 Å². The summed E-state index contributed by atoms with van der Waals surface area (Å²) < 4.78 is 0. The maximum absolute atomic E-state index is 12.2. The Labute approximate surface area is 139 Å². The first-order valence-electron chi connectivity index (χ1n) is 7.56. The fraction of sp³-hybridized carbons (Fsp3) is 0.278. The van der Waals surface area contributed by atoms with E-state index in [1.165, 1.54) is 18.4 Å². The number of alkyl halides is 1. The molecule has 1 amide bonds. The van der Waals surface area contributed by atoms with Gasteiger partial charge in [-0.2, -0.15) is 0 Å². The number of nitrogens with one attached hydrogen (secondary N) is 2. The Kier molecular flexibility index (Phi) is 4.90. The smallest absolute Gasteiger partial charge is 0.255 e. The summed E-state index contributed by atoms with van der Waals surface area (Å²) in [7, 11) is 0. The number of hydrogen-bond donors (Lipinski definition) is 2. The minimum Gasteiger partial charge on any atom is -0.322 e. The summed E-state index contributed by atoms with van der Waals surface area (Å²) >= 11 is 3.40.